The summed E-state index contributed by atoms with van der Waals surface area (Å²) < 4.78 is 9.28. The Morgan fingerprint density at radius 2 is 0.717 bits per heavy atom. The van der Waals surface area contributed by atoms with E-state index in [4.69, 9.17) is 4.42 Å². The second-order valence-corrected chi connectivity index (χ2v) is 18.1. The van der Waals surface area contributed by atoms with Crippen LogP contribution in [0.5, 0.6) is 0 Å². The summed E-state index contributed by atoms with van der Waals surface area (Å²) in [5.74, 6) is 0. The summed E-state index contributed by atoms with van der Waals surface area (Å²) in [7, 11) is 0. The quantitative estimate of drug-likeness (QED) is 0.127. The molecule has 0 fully saturated rings. The average Bonchev–Trinajstić information content (AvgIpc) is 3.89. The van der Waals surface area contributed by atoms with Gasteiger partial charge in [0.2, 0.25) is 0 Å². The second-order valence-electron chi connectivity index (χ2n) is 15.8. The van der Waals surface area contributed by atoms with Gasteiger partial charge in [0.25, 0.3) is 0 Å². The van der Waals surface area contributed by atoms with Gasteiger partial charge in [0.05, 0.1) is 0 Å². The Kier molecular flexibility index (Phi) is 7.39. The molecular weight excluding hydrogens is 792 g/mol. The molecule has 0 N–H and O–H groups in total. The zero-order chi connectivity index (χ0) is 39.3. The number of benzene rings is 11. The van der Waals surface area contributed by atoms with E-state index in [1.807, 2.05) is 6.07 Å². The first-order valence-electron chi connectivity index (χ1n) is 20.6. The number of hydrogen-bond acceptors (Lipinski definition) is 1. The van der Waals surface area contributed by atoms with E-state index in [1.165, 1.54) is 112 Å². The molecule has 0 aliphatic carbocycles. The van der Waals surface area contributed by atoms with Gasteiger partial charge in [0.15, 0.2) is 0 Å². The van der Waals surface area contributed by atoms with Crippen LogP contribution in [0, 0.1) is 0 Å². The van der Waals surface area contributed by atoms with Crippen molar-refractivity contribution in [3.8, 4) is 44.5 Å². The topological polar surface area (TPSA) is 13.1 Å². The minimum absolute atomic E-state index is 0.149. The second kappa shape index (κ2) is 13.1. The molecule has 0 bridgehead atoms. The zero-order valence-corrected chi connectivity index (χ0v) is 34.2. The zero-order valence-electron chi connectivity index (χ0n) is 32.4. The van der Waals surface area contributed by atoms with Gasteiger partial charge >= 0.3 is 348 Å². The van der Waals surface area contributed by atoms with Gasteiger partial charge in [-0.2, -0.15) is 0 Å². The molecule has 0 aliphatic rings. The Morgan fingerprint density at radius 1 is 0.267 bits per heavy atom. The van der Waals surface area contributed by atoms with E-state index in [-0.39, 0.29) is 14.5 Å². The average molecular weight is 826 g/mol. The van der Waals surface area contributed by atoms with Crippen LogP contribution in [0.3, 0.4) is 0 Å². The van der Waals surface area contributed by atoms with Crippen molar-refractivity contribution in [2.75, 3.05) is 0 Å². The van der Waals surface area contributed by atoms with Gasteiger partial charge in [-0.25, -0.2) is 0 Å². The van der Waals surface area contributed by atoms with E-state index in [0.717, 1.165) is 16.6 Å². The molecule has 60 heavy (non-hydrogen) atoms. The van der Waals surface area contributed by atoms with Crippen molar-refractivity contribution in [3.05, 3.63) is 206 Å². The fraction of sp³-hybridized carbons (Fsp3) is 0. The summed E-state index contributed by atoms with van der Waals surface area (Å²) in [5.41, 5.74) is 12.0. The Balaban J connectivity index is 1.06. The summed E-state index contributed by atoms with van der Waals surface area (Å²) in [6, 6.07) is 76.1. The summed E-state index contributed by atoms with van der Waals surface area (Å²) in [6.07, 6.45) is 0. The van der Waals surface area contributed by atoms with E-state index in [0.29, 0.717) is 0 Å². The molecule has 0 saturated carbocycles. The summed E-state index contributed by atoms with van der Waals surface area (Å²) in [5, 5.41) is 15.2. The van der Waals surface area contributed by atoms with Crippen molar-refractivity contribution in [2.24, 2.45) is 0 Å². The van der Waals surface area contributed by atoms with Crippen molar-refractivity contribution >= 4 is 98.8 Å². The van der Waals surface area contributed by atoms with E-state index in [1.54, 1.807) is 0 Å². The molecule has 1 nitrogen and oxygen atoms in total. The number of furan rings is 1. The van der Waals surface area contributed by atoms with E-state index in [2.05, 4.69) is 200 Å². The first kappa shape index (κ1) is 33.7. The Morgan fingerprint density at radius 3 is 1.30 bits per heavy atom. The molecule has 2 aromatic heterocycles. The third kappa shape index (κ3) is 4.87. The molecule has 13 rings (SSSR count). The standard InChI is InChI=1S/C58H34OSe/c1-2-16-35(17-3-1)53-37-18-4-8-22-41(37)56(42-23-9-5-19-38(42)53)48-28-15-31-51-58(48)46-33-32-36(34-52(46)60-51)54-39-20-6-10-24-43(39)55(44-25-11-7-21-40(44)54)47-27-14-30-50-57(47)45-26-12-13-29-49(45)59-50/h1-34H. The van der Waals surface area contributed by atoms with E-state index in [9.17, 15) is 0 Å². The summed E-state index contributed by atoms with van der Waals surface area (Å²) in [6.45, 7) is 0. The Bertz CT molecular complexity index is 3770. The van der Waals surface area contributed by atoms with Gasteiger partial charge in [0, 0.05) is 0 Å². The van der Waals surface area contributed by atoms with Crippen LogP contribution in [0.4, 0.5) is 0 Å². The third-order valence-electron chi connectivity index (χ3n) is 12.7. The van der Waals surface area contributed by atoms with Crippen molar-refractivity contribution in [3.63, 3.8) is 0 Å². The molecule has 0 aliphatic heterocycles. The van der Waals surface area contributed by atoms with Crippen LogP contribution in [0.25, 0.3) is 129 Å². The third-order valence-corrected chi connectivity index (χ3v) is 15.0. The number of fused-ring (bicyclic) bond motifs is 10. The number of rotatable bonds is 4. The summed E-state index contributed by atoms with van der Waals surface area (Å²) in [4.78, 5) is 0. The van der Waals surface area contributed by atoms with E-state index >= 15 is 0 Å². The number of para-hydroxylation sites is 1. The maximum atomic E-state index is 6.40. The maximum absolute atomic E-state index is 6.40. The van der Waals surface area contributed by atoms with Crippen LogP contribution >= 0.6 is 0 Å². The molecule has 0 amide bonds. The molecule has 0 saturated heterocycles. The molecule has 11 aromatic carbocycles. The predicted molar refractivity (Wildman–Crippen MR) is 257 cm³/mol. The molecule has 0 unspecified atom stereocenters. The van der Waals surface area contributed by atoms with Crippen LogP contribution in [0.15, 0.2) is 211 Å². The molecule has 278 valence electrons. The van der Waals surface area contributed by atoms with Crippen LogP contribution in [-0.4, -0.2) is 14.5 Å². The van der Waals surface area contributed by atoms with Gasteiger partial charge in [-0.3, -0.25) is 0 Å². The van der Waals surface area contributed by atoms with Gasteiger partial charge in [-0.05, 0) is 0 Å². The molecule has 0 radical (unpaired) electrons. The van der Waals surface area contributed by atoms with Crippen molar-refractivity contribution in [1.29, 1.82) is 0 Å². The monoisotopic (exact) mass is 826 g/mol. The molecule has 13 aromatic rings. The molecular formula is C58H34OSe. The SMILES string of the molecule is c1ccc(-c2c3ccccc3c(-c3cccc4[se]c5cc(-c6c7ccccc7c(-c7cccc8oc9ccccc9c78)c7ccccc67)ccc5c34)c3ccccc23)cc1. The van der Waals surface area contributed by atoms with Crippen molar-refractivity contribution in [2.45, 2.75) is 0 Å². The van der Waals surface area contributed by atoms with Crippen LogP contribution in [-0.2, 0) is 0 Å². The normalized spacial score (nSPS) is 12.0. The van der Waals surface area contributed by atoms with Crippen molar-refractivity contribution < 1.29 is 4.42 Å². The predicted octanol–water partition coefficient (Wildman–Crippen LogP) is 16.2. The van der Waals surface area contributed by atoms with Gasteiger partial charge in [-0.15, -0.1) is 0 Å². The molecule has 2 heterocycles. The van der Waals surface area contributed by atoms with Crippen LogP contribution in [0.2, 0.25) is 0 Å². The Labute approximate surface area is 352 Å². The van der Waals surface area contributed by atoms with Crippen LogP contribution < -0.4 is 0 Å². The van der Waals surface area contributed by atoms with Gasteiger partial charge < -0.3 is 0 Å². The fourth-order valence-electron chi connectivity index (χ4n) is 10.2. The first-order chi connectivity index (χ1) is 29.8. The number of hydrogen-bond donors (Lipinski definition) is 0. The Hall–Kier alpha value is -7.22. The molecule has 0 atom stereocenters. The first-order valence-corrected chi connectivity index (χ1v) is 22.3. The summed E-state index contributed by atoms with van der Waals surface area (Å²) >= 11 is 0.149. The fourth-order valence-corrected chi connectivity index (χ4v) is 12.7. The van der Waals surface area contributed by atoms with Gasteiger partial charge in [0.1, 0.15) is 0 Å². The van der Waals surface area contributed by atoms with Crippen LogP contribution in [0.1, 0.15) is 0 Å². The minimum atomic E-state index is 0.149. The van der Waals surface area contributed by atoms with Crippen molar-refractivity contribution in [1.82, 2.24) is 0 Å². The van der Waals surface area contributed by atoms with Gasteiger partial charge in [-0.1, -0.05) is 6.07 Å². The molecule has 0 spiro atoms. The van der Waals surface area contributed by atoms with E-state index < -0.39 is 0 Å². The molecule has 2 heteroatoms.